The van der Waals surface area contributed by atoms with Gasteiger partial charge < -0.3 is 19.7 Å². The third kappa shape index (κ3) is 2.67. The predicted octanol–water partition coefficient (Wildman–Crippen LogP) is 3.42. The second kappa shape index (κ2) is 6.81. The van der Waals surface area contributed by atoms with Crippen LogP contribution in [-0.4, -0.2) is 51.8 Å². The van der Waals surface area contributed by atoms with E-state index in [2.05, 4.69) is 15.2 Å². The second-order valence-electron chi connectivity index (χ2n) is 7.32. The summed E-state index contributed by atoms with van der Waals surface area (Å²) in [7, 11) is 1.96. The molecule has 1 aromatic heterocycles. The number of nitrogens with zero attached hydrogens (tertiary/aromatic N) is 3. The summed E-state index contributed by atoms with van der Waals surface area (Å²) < 4.78 is 8.22. The van der Waals surface area contributed by atoms with Gasteiger partial charge in [-0.15, -0.1) is 0 Å². The zero-order valence-electron chi connectivity index (χ0n) is 15.4. The minimum absolute atomic E-state index is 0.0662. The average Bonchev–Trinajstić information content (AvgIpc) is 2.94. The average molecular weight is 419 g/mol. The molecular weight excluding hydrogens is 399 g/mol. The summed E-state index contributed by atoms with van der Waals surface area (Å²) in [6, 6.07) is 5.33. The van der Waals surface area contributed by atoms with Crippen LogP contribution < -0.4 is 10.1 Å². The van der Waals surface area contributed by atoms with Crippen molar-refractivity contribution in [3.63, 3.8) is 0 Å². The number of hydrogen-bond acceptors (Lipinski definition) is 5. The van der Waals surface area contributed by atoms with E-state index in [1.165, 1.54) is 0 Å². The van der Waals surface area contributed by atoms with Crippen molar-refractivity contribution in [2.75, 3.05) is 26.2 Å². The number of fused-ring (bicyclic) bond motifs is 4. The van der Waals surface area contributed by atoms with E-state index < -0.39 is 0 Å². The Balaban J connectivity index is 1.81. The number of hydrogen-bond donors (Lipinski definition) is 2. The Bertz CT molecular complexity index is 1060. The highest BCUT2D eigenvalue weighted by molar-refractivity contribution is 6.39. The van der Waals surface area contributed by atoms with Crippen molar-refractivity contribution in [1.29, 1.82) is 0 Å². The van der Waals surface area contributed by atoms with E-state index in [9.17, 15) is 5.11 Å². The first kappa shape index (κ1) is 18.1. The topological polar surface area (TPSA) is 62.5 Å². The Labute approximate surface area is 172 Å². The lowest BCUT2D eigenvalue weighted by Gasteiger charge is -2.33. The van der Waals surface area contributed by atoms with E-state index in [0.717, 1.165) is 37.3 Å². The molecule has 0 bridgehead atoms. The number of benzene rings is 2. The van der Waals surface area contributed by atoms with Gasteiger partial charge in [0.25, 0.3) is 0 Å². The molecule has 0 unspecified atom stereocenters. The van der Waals surface area contributed by atoms with Gasteiger partial charge in [-0.1, -0.05) is 29.3 Å². The molecule has 6 nitrogen and oxygen atoms in total. The lowest BCUT2D eigenvalue weighted by Crippen LogP contribution is -2.52. The maximum absolute atomic E-state index is 10.5. The van der Waals surface area contributed by atoms with Crippen molar-refractivity contribution in [3.8, 4) is 22.6 Å². The van der Waals surface area contributed by atoms with E-state index in [1.54, 1.807) is 24.5 Å². The van der Waals surface area contributed by atoms with Gasteiger partial charge in [0.2, 0.25) is 0 Å². The van der Waals surface area contributed by atoms with Crippen molar-refractivity contribution in [2.24, 2.45) is 7.05 Å². The molecule has 1 fully saturated rings. The molecule has 2 N–H and O–H groups in total. The first-order chi connectivity index (χ1) is 13.6. The highest BCUT2D eigenvalue weighted by Crippen LogP contribution is 2.49. The van der Waals surface area contributed by atoms with Crippen LogP contribution in [0.5, 0.6) is 11.5 Å². The number of phenols is 1. The number of imidazole rings is 1. The third-order valence-corrected chi connectivity index (χ3v) is 6.32. The smallest absolute Gasteiger partial charge is 0.145 e. The predicted molar refractivity (Wildman–Crippen MR) is 110 cm³/mol. The number of aromatic nitrogens is 2. The van der Waals surface area contributed by atoms with Gasteiger partial charge in [0.1, 0.15) is 18.1 Å². The summed E-state index contributed by atoms with van der Waals surface area (Å²) in [5, 5.41) is 14.8. The van der Waals surface area contributed by atoms with Crippen LogP contribution in [0.1, 0.15) is 5.56 Å². The van der Waals surface area contributed by atoms with Crippen LogP contribution in [0.2, 0.25) is 10.0 Å². The molecule has 8 heteroatoms. The molecule has 0 aliphatic carbocycles. The van der Waals surface area contributed by atoms with Crippen molar-refractivity contribution in [2.45, 2.75) is 12.6 Å². The number of piperazine rings is 1. The van der Waals surface area contributed by atoms with E-state index >= 15 is 0 Å². The molecule has 2 aliphatic rings. The standard InChI is InChI=1S/C20H20Cl2N4O2/c1-25-10-24-18-16(15-13(21)3-2-4-14(15)27)17(22)20-12(19(18)25)8-26-6-5-23-7-11(26)9-28-20/h2-4,10-11,23,27H,5-9H2,1H3/t11-/m1/s1. The molecule has 1 atom stereocenters. The Kier molecular flexibility index (Phi) is 4.39. The summed E-state index contributed by atoms with van der Waals surface area (Å²) in [5.41, 5.74) is 3.78. The van der Waals surface area contributed by atoms with Gasteiger partial charge in [-0.2, -0.15) is 0 Å². The zero-order chi connectivity index (χ0) is 19.4. The molecule has 28 heavy (non-hydrogen) atoms. The summed E-state index contributed by atoms with van der Waals surface area (Å²) in [6.07, 6.45) is 1.76. The van der Waals surface area contributed by atoms with Crippen molar-refractivity contribution in [3.05, 3.63) is 40.1 Å². The van der Waals surface area contributed by atoms with Gasteiger partial charge in [-0.05, 0) is 12.1 Å². The number of ether oxygens (including phenoxy) is 1. The molecule has 0 spiro atoms. The third-order valence-electron chi connectivity index (χ3n) is 5.65. The fraction of sp³-hybridized carbons (Fsp3) is 0.350. The molecule has 3 heterocycles. The number of rotatable bonds is 1. The highest BCUT2D eigenvalue weighted by Gasteiger charge is 2.33. The van der Waals surface area contributed by atoms with E-state index in [1.807, 2.05) is 11.6 Å². The Hall–Kier alpha value is -1.99. The lowest BCUT2D eigenvalue weighted by atomic mass is 9.98. The van der Waals surface area contributed by atoms with Crippen molar-refractivity contribution < 1.29 is 9.84 Å². The maximum Gasteiger partial charge on any atom is 0.145 e. The van der Waals surface area contributed by atoms with Gasteiger partial charge in [0.05, 0.1) is 33.4 Å². The molecule has 2 aromatic carbocycles. The van der Waals surface area contributed by atoms with Crippen LogP contribution in [0.4, 0.5) is 0 Å². The largest absolute Gasteiger partial charge is 0.507 e. The highest BCUT2D eigenvalue weighted by atomic mass is 35.5. The van der Waals surface area contributed by atoms with Gasteiger partial charge >= 0.3 is 0 Å². The van der Waals surface area contributed by atoms with Crippen LogP contribution in [0, 0.1) is 0 Å². The fourth-order valence-corrected chi connectivity index (χ4v) is 4.89. The van der Waals surface area contributed by atoms with Crippen LogP contribution >= 0.6 is 23.2 Å². The molecule has 0 saturated carbocycles. The van der Waals surface area contributed by atoms with Crippen LogP contribution in [-0.2, 0) is 13.6 Å². The van der Waals surface area contributed by atoms with Crippen LogP contribution in [0.15, 0.2) is 24.5 Å². The molecule has 5 rings (SSSR count). The summed E-state index contributed by atoms with van der Waals surface area (Å²) >= 11 is 13.3. The van der Waals surface area contributed by atoms with Gasteiger partial charge in [-0.3, -0.25) is 4.90 Å². The number of aromatic hydroxyl groups is 1. The van der Waals surface area contributed by atoms with E-state index in [0.29, 0.717) is 39.0 Å². The Morgan fingerprint density at radius 1 is 1.29 bits per heavy atom. The molecule has 1 saturated heterocycles. The van der Waals surface area contributed by atoms with Crippen LogP contribution in [0.25, 0.3) is 22.2 Å². The number of nitrogens with one attached hydrogen (secondary N) is 1. The number of aryl methyl sites for hydroxylation is 1. The van der Waals surface area contributed by atoms with Gasteiger partial charge in [0, 0.05) is 49.9 Å². The van der Waals surface area contributed by atoms with E-state index in [4.69, 9.17) is 27.9 Å². The molecule has 146 valence electrons. The lowest BCUT2D eigenvalue weighted by molar-refractivity contribution is 0.120. The number of phenolic OH excluding ortho intramolecular Hbond substituents is 1. The Morgan fingerprint density at radius 2 is 2.14 bits per heavy atom. The quantitative estimate of drug-likeness (QED) is 0.633. The molecule has 0 amide bonds. The molecule has 2 aliphatic heterocycles. The maximum atomic E-state index is 10.5. The van der Waals surface area contributed by atoms with Crippen molar-refractivity contribution in [1.82, 2.24) is 19.8 Å². The zero-order valence-corrected chi connectivity index (χ0v) is 16.9. The molecular formula is C20H20Cl2N4O2. The summed E-state index contributed by atoms with van der Waals surface area (Å²) in [5.74, 6) is 0.720. The Morgan fingerprint density at radius 3 is 2.96 bits per heavy atom. The summed E-state index contributed by atoms with van der Waals surface area (Å²) in [4.78, 5) is 7.03. The SMILES string of the molecule is Cn1cnc2c(-c3c(O)cccc3Cl)c(Cl)c3c(c21)CN1CCNC[C@@H]1CO3. The van der Waals surface area contributed by atoms with E-state index in [-0.39, 0.29) is 11.8 Å². The number of halogens is 2. The van der Waals surface area contributed by atoms with Gasteiger partial charge in [0.15, 0.2) is 0 Å². The molecule has 3 aromatic rings. The van der Waals surface area contributed by atoms with Gasteiger partial charge in [-0.25, -0.2) is 4.98 Å². The summed E-state index contributed by atoms with van der Waals surface area (Å²) in [6.45, 7) is 4.10. The second-order valence-corrected chi connectivity index (χ2v) is 8.11. The fourth-order valence-electron chi connectivity index (χ4n) is 4.27. The minimum atomic E-state index is 0.0662. The monoisotopic (exact) mass is 418 g/mol. The normalized spacial score (nSPS) is 19.8. The molecule has 0 radical (unpaired) electrons. The minimum Gasteiger partial charge on any atom is -0.507 e. The first-order valence-electron chi connectivity index (χ1n) is 9.27. The first-order valence-corrected chi connectivity index (χ1v) is 10.0. The van der Waals surface area contributed by atoms with Crippen LogP contribution in [0.3, 0.4) is 0 Å². The van der Waals surface area contributed by atoms with Crippen molar-refractivity contribution >= 4 is 34.2 Å².